The van der Waals surface area contributed by atoms with Gasteiger partial charge in [0.2, 0.25) is 0 Å². The zero-order valence-corrected chi connectivity index (χ0v) is 14.8. The molecule has 0 radical (unpaired) electrons. The third kappa shape index (κ3) is 4.03. The zero-order valence-electron chi connectivity index (χ0n) is 10.8. The van der Waals surface area contributed by atoms with Gasteiger partial charge in [-0.25, -0.2) is 4.79 Å². The number of likely N-dealkylation sites (tertiary alicyclic amines) is 1. The Morgan fingerprint density at radius 3 is 2.90 bits per heavy atom. The van der Waals surface area contributed by atoms with Crippen LogP contribution < -0.4 is 5.32 Å². The second kappa shape index (κ2) is 7.02. The number of thiophene rings is 1. The lowest BCUT2D eigenvalue weighted by Gasteiger charge is -2.15. The molecule has 1 aliphatic rings. The molecular weight excluding hydrogens is 412 g/mol. The van der Waals surface area contributed by atoms with Gasteiger partial charge >= 0.3 is 6.09 Å². The largest absolute Gasteiger partial charge is 0.453 e. The Kier molecular flexibility index (Phi) is 5.59. The molecule has 0 spiro atoms. The lowest BCUT2D eigenvalue weighted by atomic mass is 10.2. The van der Waals surface area contributed by atoms with Crippen molar-refractivity contribution in [2.45, 2.75) is 12.5 Å². The lowest BCUT2D eigenvalue weighted by molar-refractivity contribution is 0.0944. The predicted octanol–water partition coefficient (Wildman–Crippen LogP) is 2.89. The number of amides is 1. The molecule has 20 heavy (non-hydrogen) atoms. The van der Waals surface area contributed by atoms with E-state index in [1.54, 1.807) is 0 Å². The van der Waals surface area contributed by atoms with Crippen molar-refractivity contribution < 1.29 is 14.3 Å². The second-order valence-corrected chi connectivity index (χ2v) is 8.27. The Bertz CT molecular complexity index is 521. The van der Waals surface area contributed by atoms with Crippen LogP contribution in [0.3, 0.4) is 0 Å². The number of ether oxygens (including phenoxy) is 1. The van der Waals surface area contributed by atoms with E-state index in [2.05, 4.69) is 41.9 Å². The van der Waals surface area contributed by atoms with Crippen LogP contribution in [0.4, 0.5) is 4.79 Å². The van der Waals surface area contributed by atoms with Gasteiger partial charge in [0, 0.05) is 24.7 Å². The van der Waals surface area contributed by atoms with Gasteiger partial charge in [-0.15, -0.1) is 11.3 Å². The Labute approximate surface area is 137 Å². The molecular formula is C12H14Br2N2O3S. The minimum atomic E-state index is -0.423. The number of Topliss-reactive ketones (excluding diaryl/α,β-unsaturated/α-hetero) is 1. The summed E-state index contributed by atoms with van der Waals surface area (Å²) >= 11 is 8.25. The number of carbonyl (C=O) groups excluding carboxylic acids is 2. The highest BCUT2D eigenvalue weighted by atomic mass is 79.9. The minimum absolute atomic E-state index is 0.0490. The molecule has 8 heteroatoms. The minimum Gasteiger partial charge on any atom is -0.453 e. The van der Waals surface area contributed by atoms with Crippen molar-refractivity contribution in [2.75, 3.05) is 26.7 Å². The van der Waals surface area contributed by atoms with E-state index in [0.29, 0.717) is 18.7 Å². The quantitative estimate of drug-likeness (QED) is 0.753. The maximum Gasteiger partial charge on any atom is 0.407 e. The van der Waals surface area contributed by atoms with Gasteiger partial charge in [0.05, 0.1) is 21.2 Å². The van der Waals surface area contributed by atoms with Crippen LogP contribution in [-0.4, -0.2) is 49.6 Å². The molecule has 2 rings (SSSR count). The number of carbonyl (C=O) groups is 2. The molecule has 1 N–H and O–H groups in total. The number of halogens is 2. The number of hydrogen-bond donors (Lipinski definition) is 1. The van der Waals surface area contributed by atoms with Crippen LogP contribution in [0.1, 0.15) is 16.8 Å². The number of hydrogen-bond acceptors (Lipinski definition) is 5. The van der Waals surface area contributed by atoms with Crippen LogP contribution in [0, 0.1) is 0 Å². The summed E-state index contributed by atoms with van der Waals surface area (Å²) in [5.41, 5.74) is 0.700. The molecule has 2 heterocycles. The third-order valence-electron chi connectivity index (χ3n) is 3.10. The van der Waals surface area contributed by atoms with E-state index in [9.17, 15) is 9.59 Å². The van der Waals surface area contributed by atoms with Crippen molar-refractivity contribution in [1.82, 2.24) is 10.2 Å². The lowest BCUT2D eigenvalue weighted by Crippen LogP contribution is -2.37. The molecule has 1 amide bonds. The van der Waals surface area contributed by atoms with E-state index in [4.69, 9.17) is 0 Å². The zero-order chi connectivity index (χ0) is 14.7. The Balaban J connectivity index is 1.87. The van der Waals surface area contributed by atoms with E-state index in [1.165, 1.54) is 18.4 Å². The predicted molar refractivity (Wildman–Crippen MR) is 84.4 cm³/mol. The molecule has 0 aliphatic carbocycles. The van der Waals surface area contributed by atoms with Crippen molar-refractivity contribution in [3.05, 3.63) is 19.2 Å². The van der Waals surface area contributed by atoms with Crippen LogP contribution in [0.5, 0.6) is 0 Å². The van der Waals surface area contributed by atoms with Gasteiger partial charge in [-0.05, 0) is 44.3 Å². The summed E-state index contributed by atoms with van der Waals surface area (Å²) in [6, 6.07) is 1.88. The first-order chi connectivity index (χ1) is 9.49. The fourth-order valence-electron chi connectivity index (χ4n) is 2.14. The van der Waals surface area contributed by atoms with Crippen molar-refractivity contribution in [3.63, 3.8) is 0 Å². The molecule has 1 saturated heterocycles. The highest BCUT2D eigenvalue weighted by molar-refractivity contribution is 9.12. The molecule has 0 aromatic carbocycles. The first-order valence-corrected chi connectivity index (χ1v) is 8.44. The molecule has 1 aromatic heterocycles. The Hall–Kier alpha value is -0.440. The van der Waals surface area contributed by atoms with E-state index >= 15 is 0 Å². The van der Waals surface area contributed by atoms with Gasteiger partial charge in [-0.1, -0.05) is 0 Å². The first kappa shape index (κ1) is 15.9. The van der Waals surface area contributed by atoms with Crippen molar-refractivity contribution >= 4 is 55.1 Å². The smallest absolute Gasteiger partial charge is 0.407 e. The molecule has 1 fully saturated rings. The van der Waals surface area contributed by atoms with Crippen molar-refractivity contribution in [1.29, 1.82) is 0 Å². The van der Waals surface area contributed by atoms with E-state index < -0.39 is 6.09 Å². The number of nitrogens with zero attached hydrogens (tertiary/aromatic N) is 1. The highest BCUT2D eigenvalue weighted by Gasteiger charge is 2.26. The van der Waals surface area contributed by atoms with Crippen LogP contribution in [0.2, 0.25) is 0 Å². The highest BCUT2D eigenvalue weighted by Crippen LogP contribution is 2.32. The fraction of sp³-hybridized carbons (Fsp3) is 0.500. The standard InChI is InChI=1S/C12H14Br2N2O3S/c1-19-12(18)15-7-2-3-16(5-7)6-9(17)8-4-10(13)20-11(8)14/h4,7H,2-3,5-6H2,1H3,(H,15,18). The van der Waals surface area contributed by atoms with Gasteiger partial charge in [0.1, 0.15) is 0 Å². The SMILES string of the molecule is COC(=O)NC1CCN(CC(=O)c2cc(Br)sc2Br)C1. The fourth-order valence-corrected chi connectivity index (χ4v) is 4.99. The van der Waals surface area contributed by atoms with Gasteiger partial charge in [0.15, 0.2) is 5.78 Å². The molecule has 0 bridgehead atoms. The topological polar surface area (TPSA) is 58.6 Å². The third-order valence-corrected chi connectivity index (χ3v) is 5.44. The van der Waals surface area contributed by atoms with Crippen LogP contribution >= 0.6 is 43.2 Å². The average Bonchev–Trinajstić information content (AvgIpc) is 2.95. The number of alkyl carbamates (subject to hydrolysis) is 1. The van der Waals surface area contributed by atoms with Gasteiger partial charge in [-0.2, -0.15) is 0 Å². The summed E-state index contributed by atoms with van der Waals surface area (Å²) in [5, 5.41) is 2.76. The average molecular weight is 426 g/mol. The summed E-state index contributed by atoms with van der Waals surface area (Å²) in [5.74, 6) is 0.0811. The van der Waals surface area contributed by atoms with E-state index in [1.807, 2.05) is 11.0 Å². The molecule has 1 aliphatic heterocycles. The number of ketones is 1. The molecule has 1 aromatic rings. The molecule has 1 atom stereocenters. The summed E-state index contributed by atoms with van der Waals surface area (Å²) < 4.78 is 6.35. The monoisotopic (exact) mass is 424 g/mol. The number of nitrogens with one attached hydrogen (secondary N) is 1. The van der Waals surface area contributed by atoms with Gasteiger partial charge in [0.25, 0.3) is 0 Å². The normalized spacial score (nSPS) is 19.1. The molecule has 1 unspecified atom stereocenters. The van der Waals surface area contributed by atoms with Gasteiger partial charge < -0.3 is 10.1 Å². The number of rotatable bonds is 4. The summed E-state index contributed by atoms with van der Waals surface area (Å²) in [6.45, 7) is 1.83. The first-order valence-electron chi connectivity index (χ1n) is 6.04. The van der Waals surface area contributed by atoms with Crippen molar-refractivity contribution in [3.8, 4) is 0 Å². The van der Waals surface area contributed by atoms with Crippen molar-refractivity contribution in [2.24, 2.45) is 0 Å². The Morgan fingerprint density at radius 1 is 1.55 bits per heavy atom. The molecule has 5 nitrogen and oxygen atoms in total. The number of methoxy groups -OCH3 is 1. The van der Waals surface area contributed by atoms with Crippen LogP contribution in [-0.2, 0) is 4.74 Å². The molecule has 0 saturated carbocycles. The summed E-state index contributed by atoms with van der Waals surface area (Å²) in [4.78, 5) is 25.4. The maximum absolute atomic E-state index is 12.2. The maximum atomic E-state index is 12.2. The van der Waals surface area contributed by atoms with Crippen LogP contribution in [0.25, 0.3) is 0 Å². The summed E-state index contributed by atoms with van der Waals surface area (Å²) in [7, 11) is 1.34. The Morgan fingerprint density at radius 2 is 2.30 bits per heavy atom. The van der Waals surface area contributed by atoms with Gasteiger partial charge in [-0.3, -0.25) is 9.69 Å². The summed E-state index contributed by atoms with van der Waals surface area (Å²) in [6.07, 6.45) is 0.407. The second-order valence-electron chi connectivity index (χ2n) is 4.52. The van der Waals surface area contributed by atoms with E-state index in [0.717, 1.165) is 20.5 Å². The molecule has 110 valence electrons. The van der Waals surface area contributed by atoms with Crippen LogP contribution in [0.15, 0.2) is 13.6 Å². The van der Waals surface area contributed by atoms with E-state index in [-0.39, 0.29) is 11.8 Å².